The van der Waals surface area contributed by atoms with E-state index in [0.717, 1.165) is 22.2 Å². The maximum Gasteiger partial charge on any atom is 0.222 e. The Labute approximate surface area is 115 Å². The number of amides is 1. The number of ether oxygens (including phenoxy) is 1. The molecule has 4 nitrogen and oxygen atoms in total. The number of fused-ring (bicyclic) bond motifs is 1. The van der Waals surface area contributed by atoms with E-state index in [2.05, 4.69) is 21.2 Å². The lowest BCUT2D eigenvalue weighted by atomic mass is 10.0. The van der Waals surface area contributed by atoms with E-state index in [0.29, 0.717) is 13.0 Å². The molecule has 1 heterocycles. The molecule has 0 aliphatic carbocycles. The van der Waals surface area contributed by atoms with E-state index in [4.69, 9.17) is 10.5 Å². The van der Waals surface area contributed by atoms with E-state index in [-0.39, 0.29) is 18.0 Å². The molecule has 2 unspecified atom stereocenters. The Morgan fingerprint density at radius 3 is 3.17 bits per heavy atom. The first kappa shape index (κ1) is 13.4. The fourth-order valence-corrected chi connectivity index (χ4v) is 2.44. The number of hydrogen-bond donors (Lipinski definition) is 2. The molecule has 18 heavy (non-hydrogen) atoms. The molecule has 2 rings (SSSR count). The van der Waals surface area contributed by atoms with Gasteiger partial charge in [0.25, 0.3) is 0 Å². The van der Waals surface area contributed by atoms with Crippen LogP contribution in [-0.4, -0.2) is 18.6 Å². The smallest absolute Gasteiger partial charge is 0.222 e. The first-order valence-electron chi connectivity index (χ1n) is 6.03. The summed E-state index contributed by atoms with van der Waals surface area (Å²) < 4.78 is 6.56. The number of carbonyl (C=O) groups excluding carboxylic acids is 1. The summed E-state index contributed by atoms with van der Waals surface area (Å²) in [7, 11) is 0. The standard InChI is InChI=1S/C13H17BrN2O2/c1-8(15)6-13(17)16-11-4-5-18-12-3-2-9(14)7-10(11)12/h2-3,7-8,11H,4-6,15H2,1H3,(H,16,17). The topological polar surface area (TPSA) is 64.4 Å². The first-order valence-corrected chi connectivity index (χ1v) is 6.83. The van der Waals surface area contributed by atoms with Crippen LogP contribution < -0.4 is 15.8 Å². The van der Waals surface area contributed by atoms with Crippen LogP contribution in [0, 0.1) is 0 Å². The number of halogens is 1. The summed E-state index contributed by atoms with van der Waals surface area (Å²) in [6.45, 7) is 2.45. The molecule has 0 bridgehead atoms. The van der Waals surface area contributed by atoms with Crippen LogP contribution in [0.5, 0.6) is 5.75 Å². The molecule has 3 N–H and O–H groups in total. The second kappa shape index (κ2) is 5.71. The van der Waals surface area contributed by atoms with Crippen molar-refractivity contribution in [3.8, 4) is 5.75 Å². The van der Waals surface area contributed by atoms with Crippen molar-refractivity contribution in [2.24, 2.45) is 5.73 Å². The molecule has 0 radical (unpaired) electrons. The molecule has 0 spiro atoms. The van der Waals surface area contributed by atoms with Crippen LogP contribution in [0.2, 0.25) is 0 Å². The molecule has 1 aromatic carbocycles. The van der Waals surface area contributed by atoms with Gasteiger partial charge in [-0.3, -0.25) is 4.79 Å². The lowest BCUT2D eigenvalue weighted by Gasteiger charge is -2.27. The molecule has 1 aliphatic rings. The maximum absolute atomic E-state index is 11.8. The van der Waals surface area contributed by atoms with Crippen LogP contribution in [0.15, 0.2) is 22.7 Å². The third-order valence-corrected chi connectivity index (χ3v) is 3.35. The van der Waals surface area contributed by atoms with E-state index >= 15 is 0 Å². The van der Waals surface area contributed by atoms with Gasteiger partial charge in [-0.1, -0.05) is 15.9 Å². The highest BCUT2D eigenvalue weighted by molar-refractivity contribution is 9.10. The Hall–Kier alpha value is -1.07. The number of hydrogen-bond acceptors (Lipinski definition) is 3. The van der Waals surface area contributed by atoms with Crippen molar-refractivity contribution in [1.29, 1.82) is 0 Å². The van der Waals surface area contributed by atoms with Gasteiger partial charge in [0.15, 0.2) is 0 Å². The Kier molecular flexibility index (Phi) is 4.24. The molecule has 5 heteroatoms. The average molecular weight is 313 g/mol. The highest BCUT2D eigenvalue weighted by Gasteiger charge is 2.23. The first-order chi connectivity index (χ1) is 8.56. The summed E-state index contributed by atoms with van der Waals surface area (Å²) in [6, 6.07) is 5.74. The minimum absolute atomic E-state index is 0.0113. The van der Waals surface area contributed by atoms with Crippen molar-refractivity contribution in [2.75, 3.05) is 6.61 Å². The molecule has 0 saturated carbocycles. The summed E-state index contributed by atoms with van der Waals surface area (Å²) in [6.07, 6.45) is 1.13. The maximum atomic E-state index is 11.8. The molecule has 1 amide bonds. The number of carbonyl (C=O) groups is 1. The fourth-order valence-electron chi connectivity index (χ4n) is 2.06. The molecule has 1 aromatic rings. The summed E-state index contributed by atoms with van der Waals surface area (Å²) in [5.74, 6) is 0.832. The van der Waals surface area contributed by atoms with Crippen molar-refractivity contribution in [3.05, 3.63) is 28.2 Å². The van der Waals surface area contributed by atoms with Gasteiger partial charge in [0.2, 0.25) is 5.91 Å². The van der Waals surface area contributed by atoms with Crippen molar-refractivity contribution < 1.29 is 9.53 Å². The van der Waals surface area contributed by atoms with Crippen LogP contribution in [0.25, 0.3) is 0 Å². The largest absolute Gasteiger partial charge is 0.493 e. The van der Waals surface area contributed by atoms with Crippen molar-refractivity contribution in [2.45, 2.75) is 31.8 Å². The van der Waals surface area contributed by atoms with Crippen LogP contribution in [0.4, 0.5) is 0 Å². The van der Waals surface area contributed by atoms with Gasteiger partial charge in [-0.05, 0) is 25.1 Å². The zero-order valence-electron chi connectivity index (χ0n) is 10.3. The van der Waals surface area contributed by atoms with Crippen LogP contribution in [-0.2, 0) is 4.79 Å². The molecule has 0 saturated heterocycles. The minimum atomic E-state index is -0.119. The minimum Gasteiger partial charge on any atom is -0.493 e. The van der Waals surface area contributed by atoms with Crippen LogP contribution in [0.1, 0.15) is 31.4 Å². The molecular weight excluding hydrogens is 296 g/mol. The molecule has 2 atom stereocenters. The second-order valence-electron chi connectivity index (χ2n) is 4.62. The second-order valence-corrected chi connectivity index (χ2v) is 5.54. The summed E-state index contributed by atoms with van der Waals surface area (Å²) in [5.41, 5.74) is 6.65. The quantitative estimate of drug-likeness (QED) is 0.898. The highest BCUT2D eigenvalue weighted by atomic mass is 79.9. The monoisotopic (exact) mass is 312 g/mol. The third kappa shape index (κ3) is 3.23. The van der Waals surface area contributed by atoms with Gasteiger partial charge < -0.3 is 15.8 Å². The predicted molar refractivity (Wildman–Crippen MR) is 73.4 cm³/mol. The summed E-state index contributed by atoms with van der Waals surface area (Å²) in [4.78, 5) is 11.8. The number of rotatable bonds is 3. The lowest BCUT2D eigenvalue weighted by molar-refractivity contribution is -0.122. The van der Waals surface area contributed by atoms with Gasteiger partial charge in [0, 0.05) is 28.9 Å². The van der Waals surface area contributed by atoms with Gasteiger partial charge in [-0.15, -0.1) is 0 Å². The van der Waals surface area contributed by atoms with Gasteiger partial charge in [0.05, 0.1) is 12.6 Å². The molecule has 98 valence electrons. The Morgan fingerprint density at radius 2 is 2.44 bits per heavy atom. The fraction of sp³-hybridized carbons (Fsp3) is 0.462. The summed E-state index contributed by atoms with van der Waals surface area (Å²) in [5, 5.41) is 3.01. The Morgan fingerprint density at radius 1 is 1.67 bits per heavy atom. The normalized spacial score (nSPS) is 19.6. The Balaban J connectivity index is 2.12. The van der Waals surface area contributed by atoms with Crippen molar-refractivity contribution >= 4 is 21.8 Å². The van der Waals surface area contributed by atoms with Crippen molar-refractivity contribution in [1.82, 2.24) is 5.32 Å². The predicted octanol–water partition coefficient (Wildman–Crippen LogP) is 2.13. The van der Waals surface area contributed by atoms with E-state index in [1.165, 1.54) is 0 Å². The number of nitrogens with one attached hydrogen (secondary N) is 1. The van der Waals surface area contributed by atoms with Crippen LogP contribution >= 0.6 is 15.9 Å². The molecule has 0 fully saturated rings. The lowest BCUT2D eigenvalue weighted by Crippen LogP contribution is -2.35. The van der Waals surface area contributed by atoms with E-state index in [9.17, 15) is 4.79 Å². The van der Waals surface area contributed by atoms with Crippen LogP contribution in [0.3, 0.4) is 0 Å². The van der Waals surface area contributed by atoms with Gasteiger partial charge >= 0.3 is 0 Å². The van der Waals surface area contributed by atoms with Gasteiger partial charge in [0.1, 0.15) is 5.75 Å². The summed E-state index contributed by atoms with van der Waals surface area (Å²) >= 11 is 3.44. The van der Waals surface area contributed by atoms with Gasteiger partial charge in [-0.2, -0.15) is 0 Å². The zero-order valence-corrected chi connectivity index (χ0v) is 11.9. The van der Waals surface area contributed by atoms with Gasteiger partial charge in [-0.25, -0.2) is 0 Å². The molecule has 1 aliphatic heterocycles. The number of benzene rings is 1. The molecule has 0 aromatic heterocycles. The number of nitrogens with two attached hydrogens (primary N) is 1. The molecular formula is C13H17BrN2O2. The van der Waals surface area contributed by atoms with E-state index in [1.807, 2.05) is 25.1 Å². The van der Waals surface area contributed by atoms with Crippen molar-refractivity contribution in [3.63, 3.8) is 0 Å². The van der Waals surface area contributed by atoms with E-state index < -0.39 is 0 Å². The average Bonchev–Trinajstić information content (AvgIpc) is 2.28. The SMILES string of the molecule is CC(N)CC(=O)NC1CCOc2ccc(Br)cc21. The zero-order chi connectivity index (χ0) is 13.1. The van der Waals surface area contributed by atoms with E-state index in [1.54, 1.807) is 0 Å². The highest BCUT2D eigenvalue weighted by Crippen LogP contribution is 2.34. The third-order valence-electron chi connectivity index (χ3n) is 2.85. The Bertz CT molecular complexity index is 449.